The number of nitrogens with zero attached hydrogens (tertiary/aromatic N) is 2. The summed E-state index contributed by atoms with van der Waals surface area (Å²) in [7, 11) is 3.20. The molecule has 6 nitrogen and oxygen atoms in total. The van der Waals surface area contributed by atoms with Gasteiger partial charge in [-0.3, -0.25) is 0 Å². The molecule has 0 radical (unpaired) electrons. The maximum atomic E-state index is 5.93. The SMILES string of the molecule is COc1cc2ncnc(Nc3ccc(Oc4ccc(Cl)cc4)cc3C)c2cc1OC. The van der Waals surface area contributed by atoms with Crippen molar-refractivity contribution in [3.05, 3.63) is 71.5 Å². The largest absolute Gasteiger partial charge is 0.493 e. The first-order valence-corrected chi connectivity index (χ1v) is 9.63. The minimum absolute atomic E-state index is 0.617. The second-order valence-electron chi connectivity index (χ2n) is 6.60. The molecule has 1 N–H and O–H groups in total. The lowest BCUT2D eigenvalue weighted by Crippen LogP contribution is -1.99. The van der Waals surface area contributed by atoms with Crippen LogP contribution >= 0.6 is 11.6 Å². The van der Waals surface area contributed by atoms with Gasteiger partial charge in [-0.05, 0) is 61.0 Å². The van der Waals surface area contributed by atoms with Crippen LogP contribution in [0.2, 0.25) is 5.02 Å². The van der Waals surface area contributed by atoms with Gasteiger partial charge >= 0.3 is 0 Å². The zero-order chi connectivity index (χ0) is 21.1. The lowest BCUT2D eigenvalue weighted by atomic mass is 10.1. The van der Waals surface area contributed by atoms with Crippen molar-refractivity contribution in [3.8, 4) is 23.0 Å². The first kappa shape index (κ1) is 19.8. The minimum atomic E-state index is 0.617. The molecule has 30 heavy (non-hydrogen) atoms. The highest BCUT2D eigenvalue weighted by Crippen LogP contribution is 2.35. The van der Waals surface area contributed by atoms with Gasteiger partial charge in [-0.1, -0.05) is 11.6 Å². The van der Waals surface area contributed by atoms with Crippen LogP contribution in [0.3, 0.4) is 0 Å². The van der Waals surface area contributed by atoms with Crippen LogP contribution in [0.5, 0.6) is 23.0 Å². The summed E-state index contributed by atoms with van der Waals surface area (Å²) in [5, 5.41) is 4.88. The predicted octanol–water partition coefficient (Wildman–Crippen LogP) is 6.14. The van der Waals surface area contributed by atoms with Crippen LogP contribution in [-0.2, 0) is 0 Å². The Hall–Kier alpha value is -3.51. The average Bonchev–Trinajstić information content (AvgIpc) is 2.76. The molecular formula is C23H20ClN3O3. The first-order chi connectivity index (χ1) is 14.6. The second kappa shape index (κ2) is 8.47. The summed E-state index contributed by atoms with van der Waals surface area (Å²) in [4.78, 5) is 8.75. The number of aryl methyl sites for hydroxylation is 1. The Balaban J connectivity index is 1.62. The zero-order valence-electron chi connectivity index (χ0n) is 16.8. The van der Waals surface area contributed by atoms with Gasteiger partial charge in [0.2, 0.25) is 0 Å². The maximum Gasteiger partial charge on any atom is 0.162 e. The van der Waals surface area contributed by atoms with E-state index in [0.717, 1.165) is 33.7 Å². The van der Waals surface area contributed by atoms with Gasteiger partial charge in [-0.2, -0.15) is 0 Å². The summed E-state index contributed by atoms with van der Waals surface area (Å²) in [5.74, 6) is 3.37. The number of aromatic nitrogens is 2. The van der Waals surface area contributed by atoms with Crippen LogP contribution in [0.1, 0.15) is 5.56 Å². The molecular weight excluding hydrogens is 402 g/mol. The Morgan fingerprint density at radius 3 is 2.23 bits per heavy atom. The van der Waals surface area contributed by atoms with E-state index >= 15 is 0 Å². The summed E-state index contributed by atoms with van der Waals surface area (Å²) in [5.41, 5.74) is 2.67. The van der Waals surface area contributed by atoms with Crippen LogP contribution < -0.4 is 19.5 Å². The molecule has 0 aliphatic rings. The van der Waals surface area contributed by atoms with Crippen LogP contribution in [-0.4, -0.2) is 24.2 Å². The summed E-state index contributed by atoms with van der Waals surface area (Å²) in [6.45, 7) is 2.00. The monoisotopic (exact) mass is 421 g/mol. The van der Waals surface area contributed by atoms with Crippen LogP contribution in [0.15, 0.2) is 60.9 Å². The van der Waals surface area contributed by atoms with E-state index in [9.17, 15) is 0 Å². The molecule has 152 valence electrons. The molecule has 3 aromatic carbocycles. The lowest BCUT2D eigenvalue weighted by molar-refractivity contribution is 0.356. The summed E-state index contributed by atoms with van der Waals surface area (Å²) >= 11 is 5.93. The predicted molar refractivity (Wildman–Crippen MR) is 119 cm³/mol. The van der Waals surface area contributed by atoms with E-state index in [1.54, 1.807) is 26.4 Å². The number of methoxy groups -OCH3 is 2. The molecule has 0 saturated heterocycles. The van der Waals surface area contributed by atoms with Gasteiger partial charge in [0.05, 0.1) is 19.7 Å². The summed E-state index contributed by atoms with van der Waals surface area (Å²) in [6, 6.07) is 16.8. The third-order valence-electron chi connectivity index (χ3n) is 4.64. The third-order valence-corrected chi connectivity index (χ3v) is 4.89. The topological polar surface area (TPSA) is 65.5 Å². The number of anilines is 2. The Morgan fingerprint density at radius 2 is 1.53 bits per heavy atom. The Kier molecular flexibility index (Phi) is 5.59. The highest BCUT2D eigenvalue weighted by Gasteiger charge is 2.12. The first-order valence-electron chi connectivity index (χ1n) is 9.25. The van der Waals surface area contributed by atoms with E-state index in [0.29, 0.717) is 22.3 Å². The molecule has 4 rings (SSSR count). The van der Waals surface area contributed by atoms with E-state index in [4.69, 9.17) is 25.8 Å². The molecule has 0 aliphatic carbocycles. The Labute approximate surface area is 179 Å². The van der Waals surface area contributed by atoms with Crippen molar-refractivity contribution >= 4 is 34.0 Å². The van der Waals surface area contributed by atoms with Crippen LogP contribution in [0.25, 0.3) is 10.9 Å². The molecule has 1 aromatic heterocycles. The molecule has 0 atom stereocenters. The number of ether oxygens (including phenoxy) is 3. The quantitative estimate of drug-likeness (QED) is 0.403. The van der Waals surface area contributed by atoms with Crippen molar-refractivity contribution in [2.75, 3.05) is 19.5 Å². The van der Waals surface area contributed by atoms with E-state index in [1.165, 1.54) is 6.33 Å². The molecule has 0 spiro atoms. The van der Waals surface area contributed by atoms with Crippen molar-refractivity contribution in [1.82, 2.24) is 9.97 Å². The fraction of sp³-hybridized carbons (Fsp3) is 0.130. The lowest BCUT2D eigenvalue weighted by Gasteiger charge is -2.14. The number of fused-ring (bicyclic) bond motifs is 1. The highest BCUT2D eigenvalue weighted by atomic mass is 35.5. The summed E-state index contributed by atoms with van der Waals surface area (Å²) < 4.78 is 16.7. The van der Waals surface area contributed by atoms with Crippen LogP contribution in [0, 0.1) is 6.92 Å². The molecule has 0 unspecified atom stereocenters. The number of hydrogen-bond acceptors (Lipinski definition) is 6. The number of hydrogen-bond donors (Lipinski definition) is 1. The smallest absolute Gasteiger partial charge is 0.162 e. The molecule has 1 heterocycles. The standard InChI is InChI=1S/C23H20ClN3O3/c1-14-10-17(30-16-6-4-15(24)5-7-16)8-9-19(14)27-23-18-11-21(28-2)22(29-3)12-20(18)25-13-26-23/h4-13H,1-3H3,(H,25,26,27). The molecule has 7 heteroatoms. The van der Waals surface area contributed by atoms with Crippen molar-refractivity contribution in [3.63, 3.8) is 0 Å². The van der Waals surface area contributed by atoms with Crippen molar-refractivity contribution in [2.45, 2.75) is 6.92 Å². The van der Waals surface area contributed by atoms with Gasteiger partial charge < -0.3 is 19.5 Å². The van der Waals surface area contributed by atoms with Gasteiger partial charge in [0, 0.05) is 22.2 Å². The summed E-state index contributed by atoms with van der Waals surface area (Å²) in [6.07, 6.45) is 1.52. The van der Waals surface area contributed by atoms with Gasteiger partial charge in [0.15, 0.2) is 11.5 Å². The van der Waals surface area contributed by atoms with Gasteiger partial charge in [-0.25, -0.2) is 9.97 Å². The number of rotatable bonds is 6. The molecule has 0 bridgehead atoms. The molecule has 0 amide bonds. The highest BCUT2D eigenvalue weighted by molar-refractivity contribution is 6.30. The minimum Gasteiger partial charge on any atom is -0.493 e. The number of nitrogens with one attached hydrogen (secondary N) is 1. The Morgan fingerprint density at radius 1 is 0.833 bits per heavy atom. The van der Waals surface area contributed by atoms with Gasteiger partial charge in [-0.15, -0.1) is 0 Å². The maximum absolute atomic E-state index is 5.93. The zero-order valence-corrected chi connectivity index (χ0v) is 17.5. The number of halogens is 1. The normalized spacial score (nSPS) is 10.7. The van der Waals surface area contributed by atoms with E-state index in [2.05, 4.69) is 15.3 Å². The molecule has 0 saturated carbocycles. The van der Waals surface area contributed by atoms with E-state index < -0.39 is 0 Å². The van der Waals surface area contributed by atoms with E-state index in [1.807, 2.05) is 49.4 Å². The fourth-order valence-electron chi connectivity index (χ4n) is 3.09. The fourth-order valence-corrected chi connectivity index (χ4v) is 3.21. The van der Waals surface area contributed by atoms with Crippen molar-refractivity contribution < 1.29 is 14.2 Å². The van der Waals surface area contributed by atoms with Crippen molar-refractivity contribution in [1.29, 1.82) is 0 Å². The van der Waals surface area contributed by atoms with Crippen molar-refractivity contribution in [2.24, 2.45) is 0 Å². The molecule has 0 fully saturated rings. The second-order valence-corrected chi connectivity index (χ2v) is 7.04. The molecule has 0 aliphatic heterocycles. The average molecular weight is 422 g/mol. The molecule has 4 aromatic rings. The van der Waals surface area contributed by atoms with E-state index in [-0.39, 0.29) is 0 Å². The number of benzene rings is 3. The van der Waals surface area contributed by atoms with Crippen LogP contribution in [0.4, 0.5) is 11.5 Å². The Bertz CT molecular complexity index is 1200. The van der Waals surface area contributed by atoms with Gasteiger partial charge in [0.25, 0.3) is 0 Å². The van der Waals surface area contributed by atoms with Gasteiger partial charge in [0.1, 0.15) is 23.6 Å². The third kappa shape index (κ3) is 4.09.